The summed E-state index contributed by atoms with van der Waals surface area (Å²) in [6.45, 7) is 9.12. The Morgan fingerprint density at radius 2 is 1.85 bits per heavy atom. The lowest BCUT2D eigenvalue weighted by Crippen LogP contribution is -2.49. The predicted octanol–water partition coefficient (Wildman–Crippen LogP) is 2.16. The lowest BCUT2D eigenvalue weighted by molar-refractivity contribution is -0.140. The highest BCUT2D eigenvalue weighted by molar-refractivity contribution is 14.0. The lowest BCUT2D eigenvalue weighted by atomic mass is 9.95. The summed E-state index contributed by atoms with van der Waals surface area (Å²) in [5.41, 5.74) is 1.15. The summed E-state index contributed by atoms with van der Waals surface area (Å²) in [4.78, 5) is 21.3. The molecule has 0 aromatic carbocycles. The summed E-state index contributed by atoms with van der Waals surface area (Å²) < 4.78 is 10.9. The second kappa shape index (κ2) is 10.3. The number of carbonyl (C=O) groups is 1. The second-order valence-electron chi connectivity index (χ2n) is 7.04. The quantitative estimate of drug-likeness (QED) is 0.400. The van der Waals surface area contributed by atoms with Crippen molar-refractivity contribution in [3.05, 3.63) is 23.2 Å². The molecule has 1 amide bonds. The average Bonchev–Trinajstić information content (AvgIpc) is 3.00. The Hall–Kier alpha value is -1.29. The molecule has 1 aromatic rings. The maximum absolute atomic E-state index is 12.6. The highest BCUT2D eigenvalue weighted by Gasteiger charge is 2.30. The third-order valence-electron chi connectivity index (χ3n) is 5.26. The largest absolute Gasteiger partial charge is 0.466 e. The van der Waals surface area contributed by atoms with Gasteiger partial charge in [0.2, 0.25) is 5.91 Å². The van der Waals surface area contributed by atoms with Crippen molar-refractivity contribution >= 4 is 35.8 Å². The molecule has 2 aliphatic heterocycles. The standard InChI is InChI=1S/C19H30N4O3.HI/c1-14-12-17(15(2)26-14)13-21-19(20-3)23-6-4-16(5-7-23)18(24)22-8-10-25-11-9-22;/h12,16H,4-11,13H2,1-3H3,(H,20,21);1H. The zero-order valence-corrected chi connectivity index (χ0v) is 18.8. The van der Waals surface area contributed by atoms with Crippen LogP contribution in [0.25, 0.3) is 0 Å². The molecule has 3 heterocycles. The maximum atomic E-state index is 12.6. The zero-order valence-electron chi connectivity index (χ0n) is 16.5. The monoisotopic (exact) mass is 490 g/mol. The van der Waals surface area contributed by atoms with E-state index in [0.29, 0.717) is 25.7 Å². The topological polar surface area (TPSA) is 70.3 Å². The van der Waals surface area contributed by atoms with Crippen molar-refractivity contribution in [2.45, 2.75) is 33.2 Å². The number of amides is 1. The van der Waals surface area contributed by atoms with Gasteiger partial charge in [0.05, 0.1) is 13.2 Å². The number of guanidine groups is 1. The van der Waals surface area contributed by atoms with E-state index in [1.54, 1.807) is 7.05 Å². The first-order valence-electron chi connectivity index (χ1n) is 9.46. The van der Waals surface area contributed by atoms with Crippen LogP contribution in [0, 0.1) is 19.8 Å². The second-order valence-corrected chi connectivity index (χ2v) is 7.04. The van der Waals surface area contributed by atoms with Crippen molar-refractivity contribution in [1.82, 2.24) is 15.1 Å². The van der Waals surface area contributed by atoms with Crippen molar-refractivity contribution < 1.29 is 13.9 Å². The smallest absolute Gasteiger partial charge is 0.225 e. The van der Waals surface area contributed by atoms with E-state index in [9.17, 15) is 4.79 Å². The summed E-state index contributed by atoms with van der Waals surface area (Å²) in [7, 11) is 1.81. The molecule has 8 heteroatoms. The summed E-state index contributed by atoms with van der Waals surface area (Å²) in [6, 6.07) is 2.06. The Labute approximate surface area is 178 Å². The number of likely N-dealkylation sites (tertiary alicyclic amines) is 1. The minimum atomic E-state index is 0. The Morgan fingerprint density at radius 3 is 2.41 bits per heavy atom. The van der Waals surface area contributed by atoms with Crippen molar-refractivity contribution in [2.75, 3.05) is 46.4 Å². The number of rotatable bonds is 3. The van der Waals surface area contributed by atoms with E-state index in [-0.39, 0.29) is 29.9 Å². The van der Waals surface area contributed by atoms with Crippen LogP contribution in [-0.4, -0.2) is 68.1 Å². The Bertz CT molecular complexity index is 647. The van der Waals surface area contributed by atoms with Crippen LogP contribution in [0.2, 0.25) is 0 Å². The van der Waals surface area contributed by atoms with Gasteiger partial charge in [-0.05, 0) is 32.8 Å². The molecule has 1 N–H and O–H groups in total. The van der Waals surface area contributed by atoms with Crippen LogP contribution in [0.5, 0.6) is 0 Å². The number of ether oxygens (including phenoxy) is 1. The fraction of sp³-hybridized carbons (Fsp3) is 0.684. The summed E-state index contributed by atoms with van der Waals surface area (Å²) in [5.74, 6) is 3.18. The van der Waals surface area contributed by atoms with Gasteiger partial charge in [-0.2, -0.15) is 0 Å². The molecular formula is C19H31IN4O3. The van der Waals surface area contributed by atoms with Crippen molar-refractivity contribution in [1.29, 1.82) is 0 Å². The van der Waals surface area contributed by atoms with E-state index in [1.807, 2.05) is 18.7 Å². The van der Waals surface area contributed by atoms with Gasteiger partial charge >= 0.3 is 0 Å². The summed E-state index contributed by atoms with van der Waals surface area (Å²) in [5, 5.41) is 3.42. The number of aryl methyl sites for hydroxylation is 2. The number of piperidine rings is 1. The van der Waals surface area contributed by atoms with E-state index in [0.717, 1.165) is 62.1 Å². The number of aliphatic imine (C=N–C) groups is 1. The fourth-order valence-corrected chi connectivity index (χ4v) is 3.75. The summed E-state index contributed by atoms with van der Waals surface area (Å²) >= 11 is 0. The zero-order chi connectivity index (χ0) is 18.5. The lowest BCUT2D eigenvalue weighted by Gasteiger charge is -2.36. The van der Waals surface area contributed by atoms with E-state index in [1.165, 1.54) is 0 Å². The Morgan fingerprint density at radius 1 is 1.19 bits per heavy atom. The van der Waals surface area contributed by atoms with Gasteiger partial charge in [0, 0.05) is 51.3 Å². The minimum Gasteiger partial charge on any atom is -0.466 e. The van der Waals surface area contributed by atoms with Gasteiger partial charge in [0.25, 0.3) is 0 Å². The van der Waals surface area contributed by atoms with Crippen LogP contribution in [0.3, 0.4) is 0 Å². The van der Waals surface area contributed by atoms with Crippen molar-refractivity contribution in [3.8, 4) is 0 Å². The molecule has 0 atom stereocenters. The van der Waals surface area contributed by atoms with E-state index in [2.05, 4.69) is 21.3 Å². The van der Waals surface area contributed by atoms with Gasteiger partial charge in [0.1, 0.15) is 11.5 Å². The maximum Gasteiger partial charge on any atom is 0.225 e. The minimum absolute atomic E-state index is 0. The predicted molar refractivity (Wildman–Crippen MR) is 115 cm³/mol. The molecule has 0 spiro atoms. The van der Waals surface area contributed by atoms with Crippen LogP contribution in [0.4, 0.5) is 0 Å². The molecule has 2 saturated heterocycles. The van der Waals surface area contributed by atoms with Crippen molar-refractivity contribution in [3.63, 3.8) is 0 Å². The molecule has 2 aliphatic rings. The first-order valence-corrected chi connectivity index (χ1v) is 9.46. The molecule has 0 bridgehead atoms. The number of hydrogen-bond acceptors (Lipinski definition) is 4. The first-order chi connectivity index (χ1) is 12.6. The molecule has 0 saturated carbocycles. The molecule has 1 aromatic heterocycles. The van der Waals surface area contributed by atoms with Gasteiger partial charge in [-0.15, -0.1) is 24.0 Å². The molecular weight excluding hydrogens is 459 g/mol. The Kier molecular flexibility index (Phi) is 8.40. The molecule has 0 radical (unpaired) electrons. The van der Waals surface area contributed by atoms with Crippen LogP contribution in [0.1, 0.15) is 29.9 Å². The SMILES string of the molecule is CN=C(NCc1cc(C)oc1C)N1CCC(C(=O)N2CCOCC2)CC1.I. The molecule has 0 unspecified atom stereocenters. The molecule has 3 rings (SSSR count). The fourth-order valence-electron chi connectivity index (χ4n) is 3.75. The number of nitrogens with one attached hydrogen (secondary N) is 1. The average molecular weight is 490 g/mol. The number of furan rings is 1. The first kappa shape index (κ1) is 22.0. The van der Waals surface area contributed by atoms with E-state index in [4.69, 9.17) is 9.15 Å². The highest BCUT2D eigenvalue weighted by Crippen LogP contribution is 2.21. The number of morpholine rings is 1. The normalized spacial score (nSPS) is 19.0. The van der Waals surface area contributed by atoms with Crippen LogP contribution in [0.15, 0.2) is 15.5 Å². The van der Waals surface area contributed by atoms with Crippen LogP contribution < -0.4 is 5.32 Å². The van der Waals surface area contributed by atoms with Gasteiger partial charge in [0.15, 0.2) is 5.96 Å². The number of halogens is 1. The number of hydrogen-bond donors (Lipinski definition) is 1. The number of nitrogens with zero attached hydrogens (tertiary/aromatic N) is 3. The van der Waals surface area contributed by atoms with E-state index >= 15 is 0 Å². The Balaban J connectivity index is 0.00000261. The van der Waals surface area contributed by atoms with Crippen molar-refractivity contribution in [2.24, 2.45) is 10.9 Å². The van der Waals surface area contributed by atoms with E-state index < -0.39 is 0 Å². The highest BCUT2D eigenvalue weighted by atomic mass is 127. The molecule has 0 aliphatic carbocycles. The molecule has 27 heavy (non-hydrogen) atoms. The van der Waals surface area contributed by atoms with Crippen LogP contribution in [-0.2, 0) is 16.1 Å². The summed E-state index contributed by atoms with van der Waals surface area (Å²) in [6.07, 6.45) is 1.75. The van der Waals surface area contributed by atoms with Gasteiger partial charge in [-0.1, -0.05) is 0 Å². The van der Waals surface area contributed by atoms with Gasteiger partial charge in [-0.3, -0.25) is 9.79 Å². The third kappa shape index (κ3) is 5.60. The molecule has 7 nitrogen and oxygen atoms in total. The molecule has 152 valence electrons. The third-order valence-corrected chi connectivity index (χ3v) is 5.26. The van der Waals surface area contributed by atoms with Gasteiger partial charge in [-0.25, -0.2) is 0 Å². The number of carbonyl (C=O) groups excluding carboxylic acids is 1. The van der Waals surface area contributed by atoms with Gasteiger partial charge < -0.3 is 24.3 Å². The molecule has 2 fully saturated rings. The van der Waals surface area contributed by atoms with Crippen LogP contribution >= 0.6 is 24.0 Å².